The first-order valence-electron chi connectivity index (χ1n) is 10.6. The van der Waals surface area contributed by atoms with E-state index in [4.69, 9.17) is 4.74 Å². The third-order valence-electron chi connectivity index (χ3n) is 5.76. The summed E-state index contributed by atoms with van der Waals surface area (Å²) in [6, 6.07) is 11.8. The molecule has 1 saturated heterocycles. The molecule has 4 rings (SSSR count). The molecule has 8 nitrogen and oxygen atoms in total. The van der Waals surface area contributed by atoms with Crippen LogP contribution >= 0.6 is 0 Å². The Hall–Kier alpha value is -3.35. The van der Waals surface area contributed by atoms with Crippen molar-refractivity contribution in [1.29, 1.82) is 0 Å². The van der Waals surface area contributed by atoms with Crippen molar-refractivity contribution in [3.8, 4) is 0 Å². The van der Waals surface area contributed by atoms with Crippen molar-refractivity contribution >= 4 is 27.5 Å². The van der Waals surface area contributed by atoms with Crippen molar-refractivity contribution in [3.05, 3.63) is 65.5 Å². The van der Waals surface area contributed by atoms with Gasteiger partial charge in [0.05, 0.1) is 18.1 Å². The van der Waals surface area contributed by atoms with E-state index < -0.39 is 39.5 Å². The number of hydrogen-bond donors (Lipinski definition) is 1. The molecule has 2 amide bonds. The molecule has 1 atom stereocenters. The maximum Gasteiger partial charge on any atom is 0.470 e. The van der Waals surface area contributed by atoms with E-state index in [1.165, 1.54) is 28.9 Å². The second-order valence-corrected chi connectivity index (χ2v) is 10.6. The molecule has 13 heteroatoms. The largest absolute Gasteiger partial charge is 0.470 e. The van der Waals surface area contributed by atoms with E-state index >= 15 is 4.39 Å². The Morgan fingerprint density at radius 2 is 1.83 bits per heavy atom. The number of alkyl halides is 3. The zero-order valence-electron chi connectivity index (χ0n) is 18.5. The lowest BCUT2D eigenvalue weighted by Gasteiger charge is -2.33. The number of hydrogen-bond acceptors (Lipinski definition) is 6. The first-order valence-corrected chi connectivity index (χ1v) is 12.4. The predicted molar refractivity (Wildman–Crippen MR) is 120 cm³/mol. The SMILES string of the molecule is CC1(c2ccc(CN(C(=O)N3CCS(=O)(=O)CC3)c3ccccc3)c(F)c2)NN=C(C(F)(F)F)O1. The third kappa shape index (κ3) is 5.34. The molecule has 2 aromatic rings. The van der Waals surface area contributed by atoms with E-state index in [0.29, 0.717) is 5.69 Å². The van der Waals surface area contributed by atoms with E-state index in [2.05, 4.69) is 10.5 Å². The van der Waals surface area contributed by atoms with Crippen molar-refractivity contribution in [3.63, 3.8) is 0 Å². The minimum atomic E-state index is -4.80. The maximum absolute atomic E-state index is 15.1. The molecule has 1 unspecified atom stereocenters. The maximum atomic E-state index is 15.1. The number of para-hydroxylation sites is 1. The monoisotopic (exact) mass is 514 g/mol. The minimum Gasteiger partial charge on any atom is -0.441 e. The summed E-state index contributed by atoms with van der Waals surface area (Å²) >= 11 is 0. The number of urea groups is 1. The van der Waals surface area contributed by atoms with Gasteiger partial charge in [-0.25, -0.2) is 17.6 Å². The van der Waals surface area contributed by atoms with Crippen molar-refractivity contribution in [1.82, 2.24) is 10.3 Å². The van der Waals surface area contributed by atoms with Crippen LogP contribution in [0.2, 0.25) is 0 Å². The molecule has 2 aromatic carbocycles. The van der Waals surface area contributed by atoms with Crippen LogP contribution in [0.15, 0.2) is 53.6 Å². The third-order valence-corrected chi connectivity index (χ3v) is 7.37. The summed E-state index contributed by atoms with van der Waals surface area (Å²) in [4.78, 5) is 16.0. The lowest BCUT2D eigenvalue weighted by Crippen LogP contribution is -2.49. The summed E-state index contributed by atoms with van der Waals surface area (Å²) in [6.07, 6.45) is -4.80. The Labute approximate surface area is 199 Å². The molecule has 0 aliphatic carbocycles. The fourth-order valence-electron chi connectivity index (χ4n) is 3.74. The molecule has 0 radical (unpaired) electrons. The van der Waals surface area contributed by atoms with Gasteiger partial charge in [-0.05, 0) is 18.2 Å². The molecular formula is C22H22F4N4O4S. The average molecular weight is 515 g/mol. The van der Waals surface area contributed by atoms with Gasteiger partial charge >= 0.3 is 18.1 Å². The number of ether oxygens (including phenoxy) is 1. The molecule has 35 heavy (non-hydrogen) atoms. The highest BCUT2D eigenvalue weighted by Crippen LogP contribution is 2.33. The first kappa shape index (κ1) is 24.8. The average Bonchev–Trinajstić information content (AvgIpc) is 3.22. The van der Waals surface area contributed by atoms with Crippen molar-refractivity contribution in [2.24, 2.45) is 5.10 Å². The highest BCUT2D eigenvalue weighted by molar-refractivity contribution is 7.91. The minimum absolute atomic E-state index is 0.0226. The van der Waals surface area contributed by atoms with Gasteiger partial charge in [-0.3, -0.25) is 10.3 Å². The Bertz CT molecular complexity index is 1240. The second kappa shape index (κ2) is 9.02. The van der Waals surface area contributed by atoms with Crippen LogP contribution < -0.4 is 10.3 Å². The molecule has 0 spiro atoms. The van der Waals surface area contributed by atoms with Crippen LogP contribution in [-0.2, 0) is 26.8 Å². The Morgan fingerprint density at radius 1 is 1.17 bits per heavy atom. The standard InChI is InChI=1S/C22H22F4N4O4S/c1-21(28-27-19(34-21)22(24,25)26)16-8-7-15(18(23)13-16)14-30(17-5-3-2-4-6-17)20(31)29-9-11-35(32,33)12-10-29/h2-8,13,28H,9-12,14H2,1H3. The van der Waals surface area contributed by atoms with Crippen molar-refractivity contribution in [2.75, 3.05) is 29.5 Å². The van der Waals surface area contributed by atoms with Crippen LogP contribution in [0.3, 0.4) is 0 Å². The number of halogens is 4. The second-order valence-electron chi connectivity index (χ2n) is 8.31. The van der Waals surface area contributed by atoms with Gasteiger partial charge in [0, 0.05) is 36.8 Å². The van der Waals surface area contributed by atoms with Crippen LogP contribution in [0, 0.1) is 5.82 Å². The number of nitrogens with zero attached hydrogens (tertiary/aromatic N) is 3. The van der Waals surface area contributed by atoms with Crippen LogP contribution in [0.4, 0.5) is 28.0 Å². The lowest BCUT2D eigenvalue weighted by molar-refractivity contribution is -0.0888. The zero-order valence-corrected chi connectivity index (χ0v) is 19.4. The van der Waals surface area contributed by atoms with Gasteiger partial charge in [0.2, 0.25) is 5.72 Å². The van der Waals surface area contributed by atoms with E-state index in [0.717, 1.165) is 6.07 Å². The number of hydrazone groups is 1. The van der Waals surface area contributed by atoms with E-state index in [9.17, 15) is 26.4 Å². The fraction of sp³-hybridized carbons (Fsp3) is 0.364. The predicted octanol–water partition coefficient (Wildman–Crippen LogP) is 3.35. The quantitative estimate of drug-likeness (QED) is 0.632. The van der Waals surface area contributed by atoms with Gasteiger partial charge < -0.3 is 9.64 Å². The highest BCUT2D eigenvalue weighted by atomic mass is 32.2. The molecular weight excluding hydrogens is 492 g/mol. The fourth-order valence-corrected chi connectivity index (χ4v) is 4.94. The Kier molecular flexibility index (Phi) is 6.38. The highest BCUT2D eigenvalue weighted by Gasteiger charge is 2.48. The van der Waals surface area contributed by atoms with E-state index in [1.807, 2.05) is 0 Å². The summed E-state index contributed by atoms with van der Waals surface area (Å²) in [5.41, 5.74) is 1.17. The van der Waals surface area contributed by atoms with Gasteiger partial charge in [0.25, 0.3) is 0 Å². The number of sulfone groups is 1. The van der Waals surface area contributed by atoms with Gasteiger partial charge in [0.1, 0.15) is 5.82 Å². The first-order chi connectivity index (χ1) is 16.4. The summed E-state index contributed by atoms with van der Waals surface area (Å²) < 4.78 is 82.2. The molecule has 0 saturated carbocycles. The van der Waals surface area contributed by atoms with Crippen molar-refractivity contribution < 1.29 is 35.5 Å². The normalized spacial score (nSPS) is 21.6. The molecule has 0 bridgehead atoms. The molecule has 2 aliphatic heterocycles. The molecule has 1 N–H and O–H groups in total. The Morgan fingerprint density at radius 3 is 2.40 bits per heavy atom. The zero-order chi connectivity index (χ0) is 25.4. The Balaban J connectivity index is 1.57. The van der Waals surface area contributed by atoms with Gasteiger partial charge in [0.15, 0.2) is 9.84 Å². The number of amides is 2. The number of nitrogens with one attached hydrogen (secondary N) is 1. The van der Waals surface area contributed by atoms with Crippen LogP contribution in [-0.4, -0.2) is 56.0 Å². The molecule has 188 valence electrons. The topological polar surface area (TPSA) is 91.3 Å². The van der Waals surface area contributed by atoms with Crippen LogP contribution in [0.1, 0.15) is 18.1 Å². The van der Waals surface area contributed by atoms with E-state index in [-0.39, 0.29) is 42.3 Å². The number of rotatable bonds is 4. The van der Waals surface area contributed by atoms with Gasteiger partial charge in [-0.2, -0.15) is 13.2 Å². The summed E-state index contributed by atoms with van der Waals surface area (Å²) in [7, 11) is -3.21. The lowest BCUT2D eigenvalue weighted by atomic mass is 10.0. The number of benzene rings is 2. The number of anilines is 1. The molecule has 2 heterocycles. The molecule has 0 aromatic heterocycles. The smallest absolute Gasteiger partial charge is 0.441 e. The van der Waals surface area contributed by atoms with Crippen LogP contribution in [0.25, 0.3) is 0 Å². The summed E-state index contributed by atoms with van der Waals surface area (Å²) in [5.74, 6) is -2.53. The van der Waals surface area contributed by atoms with E-state index in [1.54, 1.807) is 30.3 Å². The molecule has 1 fully saturated rings. The number of carbonyl (C=O) groups is 1. The van der Waals surface area contributed by atoms with Gasteiger partial charge in [-0.15, -0.1) is 5.10 Å². The molecule has 2 aliphatic rings. The number of carbonyl (C=O) groups excluding carboxylic acids is 1. The van der Waals surface area contributed by atoms with Gasteiger partial charge in [-0.1, -0.05) is 30.3 Å². The summed E-state index contributed by atoms with van der Waals surface area (Å²) in [6.45, 7) is 1.14. The summed E-state index contributed by atoms with van der Waals surface area (Å²) in [5, 5.41) is 3.16. The van der Waals surface area contributed by atoms with Crippen LogP contribution in [0.5, 0.6) is 0 Å². The van der Waals surface area contributed by atoms with Crippen molar-refractivity contribution in [2.45, 2.75) is 25.4 Å².